The number of carbonyl (C=O) groups excluding carboxylic acids is 3. The van der Waals surface area contributed by atoms with Gasteiger partial charge in [0, 0.05) is 16.6 Å². The summed E-state index contributed by atoms with van der Waals surface area (Å²) in [5.41, 5.74) is 5.74. The lowest BCUT2D eigenvalue weighted by atomic mass is 10.1. The number of phenols is 1. The number of hydrogen-bond donors (Lipinski definition) is 4. The Morgan fingerprint density at radius 3 is 2.40 bits per heavy atom. The Bertz CT molecular complexity index is 991. The highest BCUT2D eigenvalue weighted by Gasteiger charge is 2.23. The molecule has 3 aromatic rings. The Labute approximate surface area is 142 Å². The van der Waals surface area contributed by atoms with Gasteiger partial charge >= 0.3 is 5.91 Å². The second kappa shape index (κ2) is 6.48. The van der Waals surface area contributed by atoms with Crippen LogP contribution in [0, 0.1) is 6.92 Å². The number of hydrogen-bond acceptors (Lipinski definition) is 4. The number of amides is 2. The molecule has 0 aliphatic heterocycles. The number of rotatable bonds is 3. The number of aromatic nitrogens is 1. The molecule has 4 N–H and O–H groups in total. The standard InChI is InChI=1S/C18H15N3O4/c1-10-15(11-6-2-4-8-13(11)19-10)16(23)18(25)21-20-17(24)12-7-3-5-9-14(12)22/h2-9,19,22H,1H3,(H,20,24)(H,21,25). The van der Waals surface area contributed by atoms with E-state index in [1.54, 1.807) is 37.3 Å². The van der Waals surface area contributed by atoms with Crippen molar-refractivity contribution in [3.63, 3.8) is 0 Å². The van der Waals surface area contributed by atoms with Crippen molar-refractivity contribution in [2.45, 2.75) is 6.92 Å². The van der Waals surface area contributed by atoms with E-state index < -0.39 is 17.6 Å². The van der Waals surface area contributed by atoms with Gasteiger partial charge in [-0.25, -0.2) is 0 Å². The minimum atomic E-state index is -0.975. The smallest absolute Gasteiger partial charge is 0.310 e. The predicted octanol–water partition coefficient (Wildman–Crippen LogP) is 1.83. The van der Waals surface area contributed by atoms with Gasteiger partial charge in [0.15, 0.2) is 0 Å². The third kappa shape index (κ3) is 3.07. The predicted molar refractivity (Wildman–Crippen MR) is 91.1 cm³/mol. The molecule has 7 heteroatoms. The molecule has 0 saturated heterocycles. The average molecular weight is 337 g/mol. The third-order valence-corrected chi connectivity index (χ3v) is 3.77. The summed E-state index contributed by atoms with van der Waals surface area (Å²) in [6, 6.07) is 13.0. The number of nitrogens with one attached hydrogen (secondary N) is 3. The van der Waals surface area contributed by atoms with E-state index in [1.807, 2.05) is 6.07 Å². The summed E-state index contributed by atoms with van der Waals surface area (Å²) in [6.07, 6.45) is 0. The molecule has 0 atom stereocenters. The molecule has 0 saturated carbocycles. The Balaban J connectivity index is 1.75. The number of H-pyrrole nitrogens is 1. The molecule has 1 heterocycles. The number of aryl methyl sites for hydroxylation is 1. The molecular weight excluding hydrogens is 322 g/mol. The fourth-order valence-electron chi connectivity index (χ4n) is 2.59. The summed E-state index contributed by atoms with van der Waals surface area (Å²) >= 11 is 0. The van der Waals surface area contributed by atoms with Crippen LogP contribution in [-0.4, -0.2) is 27.7 Å². The van der Waals surface area contributed by atoms with Gasteiger partial charge in [-0.15, -0.1) is 0 Å². The van der Waals surface area contributed by atoms with Crippen molar-refractivity contribution in [1.82, 2.24) is 15.8 Å². The van der Waals surface area contributed by atoms with E-state index in [0.717, 1.165) is 5.52 Å². The Hall–Kier alpha value is -3.61. The van der Waals surface area contributed by atoms with E-state index in [4.69, 9.17) is 0 Å². The number of benzene rings is 2. The zero-order chi connectivity index (χ0) is 18.0. The second-order valence-electron chi connectivity index (χ2n) is 5.43. The number of ketones is 1. The topological polar surface area (TPSA) is 111 Å². The van der Waals surface area contributed by atoms with E-state index in [1.165, 1.54) is 12.1 Å². The van der Waals surface area contributed by atoms with Crippen molar-refractivity contribution in [1.29, 1.82) is 0 Å². The summed E-state index contributed by atoms with van der Waals surface area (Å²) < 4.78 is 0. The molecule has 0 radical (unpaired) electrons. The maximum absolute atomic E-state index is 12.4. The molecule has 0 bridgehead atoms. The highest BCUT2D eigenvalue weighted by Crippen LogP contribution is 2.22. The van der Waals surface area contributed by atoms with Crippen LogP contribution in [0.25, 0.3) is 10.9 Å². The molecule has 1 aromatic heterocycles. The molecule has 2 amide bonds. The summed E-state index contributed by atoms with van der Waals surface area (Å²) in [5.74, 6) is -2.70. The second-order valence-corrected chi connectivity index (χ2v) is 5.43. The van der Waals surface area contributed by atoms with Crippen LogP contribution < -0.4 is 10.9 Å². The lowest BCUT2D eigenvalue weighted by Crippen LogP contribution is -2.45. The molecule has 2 aromatic carbocycles. The van der Waals surface area contributed by atoms with Gasteiger partial charge in [-0.3, -0.25) is 25.2 Å². The fourth-order valence-corrected chi connectivity index (χ4v) is 2.59. The van der Waals surface area contributed by atoms with Crippen molar-refractivity contribution in [2.24, 2.45) is 0 Å². The first-order valence-electron chi connectivity index (χ1n) is 7.49. The number of aromatic amines is 1. The van der Waals surface area contributed by atoms with Crippen molar-refractivity contribution in [3.8, 4) is 5.75 Å². The molecule has 0 fully saturated rings. The van der Waals surface area contributed by atoms with Crippen LogP contribution in [0.2, 0.25) is 0 Å². The number of phenolic OH excluding ortho intramolecular Hbond substituents is 1. The van der Waals surface area contributed by atoms with Crippen molar-refractivity contribution in [2.75, 3.05) is 0 Å². The minimum absolute atomic E-state index is 0.0153. The molecule has 25 heavy (non-hydrogen) atoms. The molecular formula is C18H15N3O4. The van der Waals surface area contributed by atoms with E-state index in [2.05, 4.69) is 15.8 Å². The SMILES string of the molecule is Cc1[nH]c2ccccc2c1C(=O)C(=O)NNC(=O)c1ccccc1O. The van der Waals surface area contributed by atoms with Crippen molar-refractivity contribution in [3.05, 3.63) is 65.4 Å². The van der Waals surface area contributed by atoms with E-state index in [-0.39, 0.29) is 16.9 Å². The van der Waals surface area contributed by atoms with Crippen LogP contribution in [0.3, 0.4) is 0 Å². The molecule has 0 aliphatic carbocycles. The summed E-state index contributed by atoms with van der Waals surface area (Å²) in [6.45, 7) is 1.70. The quantitative estimate of drug-likeness (QED) is 0.332. The maximum atomic E-state index is 12.4. The van der Waals surface area contributed by atoms with Gasteiger partial charge in [-0.1, -0.05) is 30.3 Å². The Morgan fingerprint density at radius 1 is 0.960 bits per heavy atom. The Morgan fingerprint density at radius 2 is 1.64 bits per heavy atom. The minimum Gasteiger partial charge on any atom is -0.507 e. The molecule has 0 aliphatic rings. The lowest BCUT2D eigenvalue weighted by Gasteiger charge is -2.08. The van der Waals surface area contributed by atoms with Crippen LogP contribution in [-0.2, 0) is 4.79 Å². The van der Waals surface area contributed by atoms with Gasteiger partial charge in [0.25, 0.3) is 11.7 Å². The zero-order valence-electron chi connectivity index (χ0n) is 13.3. The van der Waals surface area contributed by atoms with Gasteiger partial charge in [0.1, 0.15) is 5.75 Å². The summed E-state index contributed by atoms with van der Waals surface area (Å²) in [5, 5.41) is 10.2. The van der Waals surface area contributed by atoms with Crippen LogP contribution in [0.5, 0.6) is 5.75 Å². The average Bonchev–Trinajstić information content (AvgIpc) is 2.94. The molecule has 126 valence electrons. The first-order chi connectivity index (χ1) is 12.0. The van der Waals surface area contributed by atoms with E-state index in [9.17, 15) is 19.5 Å². The van der Waals surface area contributed by atoms with Gasteiger partial charge < -0.3 is 10.1 Å². The summed E-state index contributed by atoms with van der Waals surface area (Å²) in [7, 11) is 0. The van der Waals surface area contributed by atoms with Crippen LogP contribution in [0.15, 0.2) is 48.5 Å². The Kier molecular flexibility index (Phi) is 4.21. The largest absolute Gasteiger partial charge is 0.507 e. The van der Waals surface area contributed by atoms with Gasteiger partial charge in [-0.05, 0) is 25.1 Å². The molecule has 0 spiro atoms. The van der Waals surface area contributed by atoms with Gasteiger partial charge in [-0.2, -0.15) is 0 Å². The van der Waals surface area contributed by atoms with Gasteiger partial charge in [0.2, 0.25) is 0 Å². The number of Topliss-reactive ketones (excluding diaryl/α,β-unsaturated/α-hetero) is 1. The third-order valence-electron chi connectivity index (χ3n) is 3.77. The molecule has 7 nitrogen and oxygen atoms in total. The van der Waals surface area contributed by atoms with Crippen molar-refractivity contribution < 1.29 is 19.5 Å². The van der Waals surface area contributed by atoms with Crippen LogP contribution >= 0.6 is 0 Å². The first-order valence-corrected chi connectivity index (χ1v) is 7.49. The normalized spacial score (nSPS) is 10.4. The zero-order valence-corrected chi connectivity index (χ0v) is 13.3. The molecule has 0 unspecified atom stereocenters. The van der Waals surface area contributed by atoms with Crippen LogP contribution in [0.4, 0.5) is 0 Å². The summed E-state index contributed by atoms with van der Waals surface area (Å²) in [4.78, 5) is 39.5. The lowest BCUT2D eigenvalue weighted by molar-refractivity contribution is -0.117. The van der Waals surface area contributed by atoms with E-state index >= 15 is 0 Å². The number of hydrazine groups is 1. The highest BCUT2D eigenvalue weighted by molar-refractivity contribution is 6.45. The number of para-hydroxylation sites is 2. The monoisotopic (exact) mass is 337 g/mol. The fraction of sp³-hybridized carbons (Fsp3) is 0.0556. The van der Waals surface area contributed by atoms with Crippen LogP contribution in [0.1, 0.15) is 26.4 Å². The molecule has 3 rings (SSSR count). The van der Waals surface area contributed by atoms with Crippen molar-refractivity contribution >= 4 is 28.5 Å². The number of fused-ring (bicyclic) bond motifs is 1. The van der Waals surface area contributed by atoms with E-state index in [0.29, 0.717) is 11.1 Å². The maximum Gasteiger partial charge on any atom is 0.310 e. The highest BCUT2D eigenvalue weighted by atomic mass is 16.3. The number of carbonyl (C=O) groups is 3. The first kappa shape index (κ1) is 16.3. The van der Waals surface area contributed by atoms with Gasteiger partial charge in [0.05, 0.1) is 11.1 Å². The number of aromatic hydroxyl groups is 1.